The van der Waals surface area contributed by atoms with Gasteiger partial charge in [-0.05, 0) is 37.5 Å². The van der Waals surface area contributed by atoms with Gasteiger partial charge in [-0.2, -0.15) is 18.2 Å². The van der Waals surface area contributed by atoms with Crippen molar-refractivity contribution in [2.45, 2.75) is 31.9 Å². The first-order chi connectivity index (χ1) is 14.4. The van der Waals surface area contributed by atoms with Gasteiger partial charge in [0.25, 0.3) is 0 Å². The molecule has 0 unspecified atom stereocenters. The van der Waals surface area contributed by atoms with Gasteiger partial charge in [0.05, 0.1) is 24.7 Å². The molecule has 0 amide bonds. The van der Waals surface area contributed by atoms with Gasteiger partial charge < -0.3 is 14.6 Å². The Balaban J connectivity index is 1.65. The number of H-pyrrole nitrogens is 1. The molecule has 30 heavy (non-hydrogen) atoms. The van der Waals surface area contributed by atoms with Gasteiger partial charge in [-0.1, -0.05) is 12.1 Å². The second-order valence-corrected chi connectivity index (χ2v) is 7.35. The topological polar surface area (TPSA) is 66.9 Å². The lowest BCUT2D eigenvalue weighted by Crippen LogP contribution is -2.34. The Hall–Kier alpha value is -3.10. The molecule has 1 aliphatic rings. The van der Waals surface area contributed by atoms with Crippen LogP contribution in [0.5, 0.6) is 6.01 Å². The van der Waals surface area contributed by atoms with Gasteiger partial charge in [-0.15, -0.1) is 0 Å². The van der Waals surface area contributed by atoms with Gasteiger partial charge in [0.2, 0.25) is 0 Å². The number of nitrogens with zero attached hydrogens (tertiary/aromatic N) is 4. The summed E-state index contributed by atoms with van der Waals surface area (Å²) in [5.74, 6) is 0.923. The fraction of sp³-hybridized carbons (Fsp3) is 0.381. The Kier molecular flexibility index (Phi) is 5.36. The summed E-state index contributed by atoms with van der Waals surface area (Å²) in [7, 11) is 1.47. The summed E-state index contributed by atoms with van der Waals surface area (Å²) in [5, 5.41) is 0. The number of halogens is 3. The lowest BCUT2D eigenvalue weighted by Gasteiger charge is -2.33. The predicted octanol–water partition coefficient (Wildman–Crippen LogP) is 4.59. The highest BCUT2D eigenvalue weighted by molar-refractivity contribution is 5.76. The van der Waals surface area contributed by atoms with E-state index >= 15 is 0 Å². The lowest BCUT2D eigenvalue weighted by atomic mass is 9.92. The van der Waals surface area contributed by atoms with E-state index in [0.717, 1.165) is 36.4 Å². The van der Waals surface area contributed by atoms with Crippen molar-refractivity contribution in [1.29, 1.82) is 0 Å². The number of rotatable bonds is 4. The van der Waals surface area contributed by atoms with E-state index in [0.29, 0.717) is 36.0 Å². The van der Waals surface area contributed by atoms with E-state index in [1.807, 2.05) is 6.92 Å². The smallest absolute Gasteiger partial charge is 0.416 e. The molecule has 4 rings (SSSR count). The number of piperidine rings is 1. The largest absolute Gasteiger partial charge is 0.467 e. The third-order valence-corrected chi connectivity index (χ3v) is 5.48. The van der Waals surface area contributed by atoms with Crippen LogP contribution in [0.1, 0.15) is 35.7 Å². The molecule has 0 spiro atoms. The number of anilines is 1. The molecule has 0 aliphatic carbocycles. The second-order valence-electron chi connectivity index (χ2n) is 7.35. The number of aromatic nitrogens is 4. The minimum absolute atomic E-state index is 0.186. The third kappa shape index (κ3) is 3.96. The van der Waals surface area contributed by atoms with E-state index in [1.165, 1.54) is 19.4 Å². The second kappa shape index (κ2) is 7.97. The Morgan fingerprint density at radius 1 is 1.17 bits per heavy atom. The fourth-order valence-corrected chi connectivity index (χ4v) is 3.91. The molecule has 0 radical (unpaired) electrons. The predicted molar refractivity (Wildman–Crippen MR) is 107 cm³/mol. The molecule has 1 saturated heterocycles. The van der Waals surface area contributed by atoms with Crippen molar-refractivity contribution >= 4 is 5.82 Å². The van der Waals surface area contributed by atoms with Crippen molar-refractivity contribution in [3.8, 4) is 17.1 Å². The fourth-order valence-electron chi connectivity index (χ4n) is 3.91. The van der Waals surface area contributed by atoms with Crippen molar-refractivity contribution < 1.29 is 17.9 Å². The standard InChI is InChI=1S/C21H22F3N5O/c1-13-18(27-12-26-13)14-6-8-29(9-7-14)19-17(11-25-20(28-19)30-2)15-4-3-5-16(10-15)21(22,23)24/h3-5,10-12,14H,6-9H2,1-2H3,(H,26,27). The highest BCUT2D eigenvalue weighted by atomic mass is 19.4. The van der Waals surface area contributed by atoms with Crippen molar-refractivity contribution in [2.24, 2.45) is 0 Å². The molecular weight excluding hydrogens is 395 g/mol. The number of benzene rings is 1. The zero-order valence-electron chi connectivity index (χ0n) is 16.7. The quantitative estimate of drug-likeness (QED) is 0.673. The molecule has 0 atom stereocenters. The molecule has 0 bridgehead atoms. The highest BCUT2D eigenvalue weighted by Gasteiger charge is 2.31. The number of alkyl halides is 3. The van der Waals surface area contributed by atoms with Crippen LogP contribution in [0, 0.1) is 6.92 Å². The number of hydrogen-bond donors (Lipinski definition) is 1. The lowest BCUT2D eigenvalue weighted by molar-refractivity contribution is -0.137. The van der Waals surface area contributed by atoms with Crippen LogP contribution in [0.25, 0.3) is 11.1 Å². The molecule has 158 valence electrons. The van der Waals surface area contributed by atoms with E-state index in [1.54, 1.807) is 12.4 Å². The minimum Gasteiger partial charge on any atom is -0.467 e. The van der Waals surface area contributed by atoms with Crippen LogP contribution in [0.4, 0.5) is 19.0 Å². The Morgan fingerprint density at radius 2 is 1.93 bits per heavy atom. The van der Waals surface area contributed by atoms with Crippen LogP contribution in [-0.2, 0) is 6.18 Å². The van der Waals surface area contributed by atoms with Gasteiger partial charge in [-0.25, -0.2) is 9.97 Å². The molecule has 1 N–H and O–H groups in total. The van der Waals surface area contributed by atoms with Crippen molar-refractivity contribution in [2.75, 3.05) is 25.1 Å². The highest BCUT2D eigenvalue weighted by Crippen LogP contribution is 2.37. The summed E-state index contributed by atoms with van der Waals surface area (Å²) in [5.41, 5.74) is 2.42. The maximum atomic E-state index is 13.2. The maximum absolute atomic E-state index is 13.2. The van der Waals surface area contributed by atoms with Crippen LogP contribution < -0.4 is 9.64 Å². The van der Waals surface area contributed by atoms with E-state index < -0.39 is 11.7 Å². The average Bonchev–Trinajstić information content (AvgIpc) is 3.19. The van der Waals surface area contributed by atoms with Gasteiger partial charge in [-0.3, -0.25) is 0 Å². The van der Waals surface area contributed by atoms with E-state index in [-0.39, 0.29) is 6.01 Å². The minimum atomic E-state index is -4.41. The summed E-state index contributed by atoms with van der Waals surface area (Å²) >= 11 is 0. The summed E-state index contributed by atoms with van der Waals surface area (Å²) in [6.45, 7) is 3.43. The summed E-state index contributed by atoms with van der Waals surface area (Å²) in [6, 6.07) is 5.42. The molecule has 1 aromatic carbocycles. The van der Waals surface area contributed by atoms with Crippen LogP contribution in [0.3, 0.4) is 0 Å². The first-order valence-corrected chi connectivity index (χ1v) is 9.70. The van der Waals surface area contributed by atoms with E-state index in [9.17, 15) is 13.2 Å². The maximum Gasteiger partial charge on any atom is 0.416 e. The molecule has 9 heteroatoms. The van der Waals surface area contributed by atoms with Crippen LogP contribution in [-0.4, -0.2) is 40.1 Å². The Labute approximate surface area is 172 Å². The normalized spacial score (nSPS) is 15.4. The Morgan fingerprint density at radius 3 is 2.57 bits per heavy atom. The SMILES string of the molecule is COc1ncc(-c2cccc(C(F)(F)F)c2)c(N2CCC(c3nc[nH]c3C)CC2)n1. The number of aromatic amines is 1. The first-order valence-electron chi connectivity index (χ1n) is 9.70. The van der Waals surface area contributed by atoms with Crippen LogP contribution in [0.15, 0.2) is 36.8 Å². The average molecular weight is 417 g/mol. The molecule has 1 fully saturated rings. The number of aryl methyl sites for hydroxylation is 1. The third-order valence-electron chi connectivity index (χ3n) is 5.48. The number of ether oxygens (including phenoxy) is 1. The van der Waals surface area contributed by atoms with Crippen LogP contribution >= 0.6 is 0 Å². The number of nitrogens with one attached hydrogen (secondary N) is 1. The van der Waals surface area contributed by atoms with Crippen molar-refractivity contribution in [1.82, 2.24) is 19.9 Å². The monoisotopic (exact) mass is 417 g/mol. The Bertz CT molecular complexity index is 1030. The number of methoxy groups -OCH3 is 1. The molecule has 0 saturated carbocycles. The van der Waals surface area contributed by atoms with Crippen molar-refractivity contribution in [3.63, 3.8) is 0 Å². The molecule has 3 heterocycles. The van der Waals surface area contributed by atoms with Crippen LogP contribution in [0.2, 0.25) is 0 Å². The van der Waals surface area contributed by atoms with Crippen molar-refractivity contribution in [3.05, 3.63) is 53.7 Å². The van der Waals surface area contributed by atoms with Gasteiger partial charge in [0, 0.05) is 36.5 Å². The number of imidazole rings is 1. The van der Waals surface area contributed by atoms with E-state index in [2.05, 4.69) is 24.8 Å². The molecule has 2 aromatic heterocycles. The molecule has 3 aromatic rings. The number of hydrogen-bond acceptors (Lipinski definition) is 5. The molecule has 6 nitrogen and oxygen atoms in total. The summed E-state index contributed by atoms with van der Waals surface area (Å²) in [4.78, 5) is 18.2. The zero-order valence-corrected chi connectivity index (χ0v) is 16.7. The summed E-state index contributed by atoms with van der Waals surface area (Å²) in [6.07, 6.45) is 0.571. The molecular formula is C21H22F3N5O. The van der Waals surface area contributed by atoms with Gasteiger partial charge >= 0.3 is 12.2 Å². The zero-order chi connectivity index (χ0) is 21.3. The van der Waals surface area contributed by atoms with E-state index in [4.69, 9.17) is 4.74 Å². The van der Waals surface area contributed by atoms with Gasteiger partial charge in [0.1, 0.15) is 5.82 Å². The first kappa shape index (κ1) is 20.2. The summed E-state index contributed by atoms with van der Waals surface area (Å²) < 4.78 is 44.8. The van der Waals surface area contributed by atoms with Gasteiger partial charge in [0.15, 0.2) is 0 Å². The molecule has 1 aliphatic heterocycles.